The van der Waals surface area contributed by atoms with Gasteiger partial charge in [-0.15, -0.1) is 0 Å². The molecule has 2 N–H and O–H groups in total. The Bertz CT molecular complexity index is 619. The number of aliphatic hydroxyl groups is 1. The smallest absolute Gasteiger partial charge is 0.391 e. The van der Waals surface area contributed by atoms with Crippen LogP contribution in [0.1, 0.15) is 18.9 Å². The Hall–Kier alpha value is -2.09. The number of nitrogens with zero attached hydrogens (tertiary/aromatic N) is 1. The van der Waals surface area contributed by atoms with Gasteiger partial charge in [-0.3, -0.25) is 9.59 Å². The van der Waals surface area contributed by atoms with E-state index in [0.717, 1.165) is 0 Å². The topological polar surface area (TPSA) is 69.6 Å². The number of benzene rings is 1. The van der Waals surface area contributed by atoms with Gasteiger partial charge in [0.05, 0.1) is 12.5 Å². The number of anilines is 1. The molecule has 132 valence electrons. The van der Waals surface area contributed by atoms with E-state index in [1.54, 1.807) is 0 Å². The predicted octanol–water partition coefficient (Wildman–Crippen LogP) is 1.96. The van der Waals surface area contributed by atoms with Gasteiger partial charge in [0.2, 0.25) is 0 Å². The molecule has 1 heterocycles. The molecule has 1 aliphatic heterocycles. The van der Waals surface area contributed by atoms with Gasteiger partial charge in [-0.1, -0.05) is 25.1 Å². The van der Waals surface area contributed by atoms with Crippen molar-refractivity contribution in [2.24, 2.45) is 5.92 Å². The number of likely N-dealkylation sites (tertiary alicyclic amines) is 1. The molecular formula is C16H19F3N2O3. The molecule has 24 heavy (non-hydrogen) atoms. The third-order valence-corrected chi connectivity index (χ3v) is 4.06. The van der Waals surface area contributed by atoms with Gasteiger partial charge >= 0.3 is 18.0 Å². The monoisotopic (exact) mass is 344 g/mol. The van der Waals surface area contributed by atoms with Crippen molar-refractivity contribution in [1.82, 2.24) is 4.90 Å². The third-order valence-electron chi connectivity index (χ3n) is 4.06. The standard InChI is InChI=1S/C16H19F3N2O3/c1-10-6-7-21(9-13(10)22)15(24)14(23)20-12-5-3-2-4-11(12)8-16(17,18)19/h2-5,10,13,22H,6-9H2,1H3,(H,20,23). The van der Waals surface area contributed by atoms with Crippen molar-refractivity contribution in [3.63, 3.8) is 0 Å². The van der Waals surface area contributed by atoms with Crippen LogP contribution in [0.5, 0.6) is 0 Å². The van der Waals surface area contributed by atoms with E-state index < -0.39 is 30.5 Å². The molecule has 0 aliphatic carbocycles. The molecule has 1 fully saturated rings. The van der Waals surface area contributed by atoms with Gasteiger partial charge in [-0.25, -0.2) is 0 Å². The van der Waals surface area contributed by atoms with Crippen LogP contribution in [-0.2, 0) is 16.0 Å². The van der Waals surface area contributed by atoms with Gasteiger partial charge in [-0.2, -0.15) is 13.2 Å². The highest BCUT2D eigenvalue weighted by Gasteiger charge is 2.32. The molecule has 0 radical (unpaired) electrons. The fourth-order valence-corrected chi connectivity index (χ4v) is 2.57. The molecule has 1 saturated heterocycles. The summed E-state index contributed by atoms with van der Waals surface area (Å²) in [4.78, 5) is 25.4. The first-order chi connectivity index (χ1) is 11.2. The number of piperidine rings is 1. The molecule has 2 rings (SSSR count). The van der Waals surface area contributed by atoms with Crippen LogP contribution in [0.4, 0.5) is 18.9 Å². The van der Waals surface area contributed by atoms with Crippen molar-refractivity contribution in [3.05, 3.63) is 29.8 Å². The summed E-state index contributed by atoms with van der Waals surface area (Å²) >= 11 is 0. The highest BCUT2D eigenvalue weighted by Crippen LogP contribution is 2.26. The predicted molar refractivity (Wildman–Crippen MR) is 81.2 cm³/mol. The lowest BCUT2D eigenvalue weighted by Crippen LogP contribution is -2.49. The number of aliphatic hydroxyl groups excluding tert-OH is 1. The van der Waals surface area contributed by atoms with Crippen LogP contribution in [0.3, 0.4) is 0 Å². The minimum absolute atomic E-state index is 0.0321. The average Bonchev–Trinajstić information content (AvgIpc) is 2.49. The molecule has 0 aromatic heterocycles. The van der Waals surface area contributed by atoms with Crippen LogP contribution in [-0.4, -0.2) is 47.2 Å². The summed E-state index contributed by atoms with van der Waals surface area (Å²) in [6.07, 6.45) is -5.77. The van der Waals surface area contributed by atoms with E-state index in [-0.39, 0.29) is 23.7 Å². The second-order valence-electron chi connectivity index (χ2n) is 5.99. The van der Waals surface area contributed by atoms with Gasteiger partial charge in [-0.05, 0) is 24.0 Å². The Morgan fingerprint density at radius 1 is 1.33 bits per heavy atom. The Labute approximate surface area is 137 Å². The number of halogens is 3. The lowest BCUT2D eigenvalue weighted by molar-refractivity contribution is -0.146. The van der Waals surface area contributed by atoms with Crippen molar-refractivity contribution in [2.45, 2.75) is 32.0 Å². The molecule has 2 atom stereocenters. The van der Waals surface area contributed by atoms with Crippen molar-refractivity contribution < 1.29 is 27.9 Å². The minimum Gasteiger partial charge on any atom is -0.391 e. The van der Waals surface area contributed by atoms with Gasteiger partial charge in [0.15, 0.2) is 0 Å². The molecule has 1 aliphatic rings. The van der Waals surface area contributed by atoms with Gasteiger partial charge in [0.25, 0.3) is 0 Å². The summed E-state index contributed by atoms with van der Waals surface area (Å²) in [5.74, 6) is -1.83. The van der Waals surface area contributed by atoms with Crippen molar-refractivity contribution in [1.29, 1.82) is 0 Å². The van der Waals surface area contributed by atoms with Gasteiger partial charge in [0, 0.05) is 18.8 Å². The van der Waals surface area contributed by atoms with Gasteiger partial charge in [0.1, 0.15) is 0 Å². The number of para-hydroxylation sites is 1. The lowest BCUT2D eigenvalue weighted by atomic mass is 9.96. The molecule has 2 amide bonds. The maximum atomic E-state index is 12.6. The second-order valence-corrected chi connectivity index (χ2v) is 5.99. The largest absolute Gasteiger partial charge is 0.393 e. The van der Waals surface area contributed by atoms with Crippen LogP contribution in [0.15, 0.2) is 24.3 Å². The zero-order chi connectivity index (χ0) is 17.9. The quantitative estimate of drug-likeness (QED) is 0.806. The fraction of sp³-hybridized carbons (Fsp3) is 0.500. The summed E-state index contributed by atoms with van der Waals surface area (Å²) in [6.45, 7) is 2.21. The molecule has 1 aromatic rings. The van der Waals surface area contributed by atoms with Gasteiger partial charge < -0.3 is 15.3 Å². The van der Waals surface area contributed by atoms with Crippen LogP contribution < -0.4 is 5.32 Å². The molecule has 0 saturated carbocycles. The highest BCUT2D eigenvalue weighted by molar-refractivity contribution is 6.39. The van der Waals surface area contributed by atoms with E-state index in [1.807, 2.05) is 6.92 Å². The molecule has 0 bridgehead atoms. The lowest BCUT2D eigenvalue weighted by Gasteiger charge is -2.33. The maximum Gasteiger partial charge on any atom is 0.393 e. The SMILES string of the molecule is CC1CCN(C(=O)C(=O)Nc2ccccc2CC(F)(F)F)CC1O. The van der Waals surface area contributed by atoms with E-state index >= 15 is 0 Å². The van der Waals surface area contributed by atoms with Crippen molar-refractivity contribution in [3.8, 4) is 0 Å². The number of amides is 2. The number of carbonyl (C=O) groups excluding carboxylic acids is 2. The molecule has 0 spiro atoms. The first-order valence-electron chi connectivity index (χ1n) is 7.60. The highest BCUT2D eigenvalue weighted by atomic mass is 19.4. The summed E-state index contributed by atoms with van der Waals surface area (Å²) in [5, 5.41) is 12.0. The zero-order valence-electron chi connectivity index (χ0n) is 13.1. The van der Waals surface area contributed by atoms with Crippen LogP contribution in [0, 0.1) is 5.92 Å². The van der Waals surface area contributed by atoms with E-state index in [9.17, 15) is 27.9 Å². The first-order valence-corrected chi connectivity index (χ1v) is 7.60. The number of β-amino-alcohol motifs (C(OH)–C–C–N with tert-alkyl or cyclic N) is 1. The number of hydrogen-bond acceptors (Lipinski definition) is 3. The number of nitrogens with one attached hydrogen (secondary N) is 1. The number of alkyl halides is 3. The summed E-state index contributed by atoms with van der Waals surface area (Å²) in [7, 11) is 0. The van der Waals surface area contributed by atoms with Crippen molar-refractivity contribution >= 4 is 17.5 Å². The second kappa shape index (κ2) is 7.21. The number of rotatable bonds is 2. The molecule has 5 nitrogen and oxygen atoms in total. The average molecular weight is 344 g/mol. The Kier molecular flexibility index (Phi) is 5.48. The molecule has 2 unspecified atom stereocenters. The summed E-state index contributed by atoms with van der Waals surface area (Å²) in [5.41, 5.74) is -0.155. The van der Waals surface area contributed by atoms with Crippen LogP contribution in [0.2, 0.25) is 0 Å². The molecular weight excluding hydrogens is 325 g/mol. The third kappa shape index (κ3) is 4.70. The number of carbonyl (C=O) groups is 2. The van der Waals surface area contributed by atoms with E-state index in [1.165, 1.54) is 29.2 Å². The first kappa shape index (κ1) is 18.3. The minimum atomic E-state index is -4.42. The Morgan fingerprint density at radius 3 is 2.62 bits per heavy atom. The summed E-state index contributed by atoms with van der Waals surface area (Å²) < 4.78 is 37.7. The normalized spacial score (nSPS) is 21.5. The van der Waals surface area contributed by atoms with E-state index in [2.05, 4.69) is 5.32 Å². The Balaban J connectivity index is 2.06. The molecule has 8 heteroatoms. The van der Waals surface area contributed by atoms with E-state index in [0.29, 0.717) is 13.0 Å². The van der Waals surface area contributed by atoms with Crippen LogP contribution >= 0.6 is 0 Å². The summed E-state index contributed by atoms with van der Waals surface area (Å²) in [6, 6.07) is 5.48. The van der Waals surface area contributed by atoms with Crippen molar-refractivity contribution in [2.75, 3.05) is 18.4 Å². The van der Waals surface area contributed by atoms with Crippen LogP contribution in [0.25, 0.3) is 0 Å². The van der Waals surface area contributed by atoms with E-state index in [4.69, 9.17) is 0 Å². The fourth-order valence-electron chi connectivity index (χ4n) is 2.57. The zero-order valence-corrected chi connectivity index (χ0v) is 13.1. The maximum absolute atomic E-state index is 12.6. The molecule has 1 aromatic carbocycles. The number of hydrogen-bond donors (Lipinski definition) is 2. The Morgan fingerprint density at radius 2 is 2.00 bits per heavy atom.